The molecule has 0 bridgehead atoms. The molecule has 0 unspecified atom stereocenters. The minimum atomic E-state index is -4.27. The molecule has 2 aromatic carbocycles. The smallest absolute Gasteiger partial charge is 0.744 e. The zero-order valence-electron chi connectivity index (χ0n) is 12.6. The Kier molecular flexibility index (Phi) is 9.28. The molecule has 9 heteroatoms. The van der Waals surface area contributed by atoms with Gasteiger partial charge in [-0.1, -0.05) is 35.4 Å². The second kappa shape index (κ2) is 9.35. The van der Waals surface area contributed by atoms with Crippen molar-refractivity contribution in [2.24, 2.45) is 0 Å². The van der Waals surface area contributed by atoms with Crippen LogP contribution in [0.4, 0.5) is 0 Å². The fraction of sp³-hybridized carbons (Fsp3) is 0.143. The van der Waals surface area contributed by atoms with Gasteiger partial charge in [0.15, 0.2) is 0 Å². The Morgan fingerprint density at radius 3 is 1.00 bits per heavy atom. The van der Waals surface area contributed by atoms with E-state index in [2.05, 4.69) is 0 Å². The summed E-state index contributed by atoms with van der Waals surface area (Å²) in [5.41, 5.74) is 1.86. The molecule has 0 aliphatic rings. The Morgan fingerprint density at radius 2 is 0.826 bits per heavy atom. The standard InChI is InChI=1S/2C7H8O3S.Ba/c2*1-6-2-4-7(5-3-6)11(8,9)10;/h2*2-5H,1H3,(H,8,9,10);/q;;+2/p-2. The third-order valence-electron chi connectivity index (χ3n) is 2.62. The van der Waals surface area contributed by atoms with E-state index >= 15 is 0 Å². The van der Waals surface area contributed by atoms with Crippen LogP contribution in [0.3, 0.4) is 0 Å². The molecule has 0 saturated carbocycles. The summed E-state index contributed by atoms with van der Waals surface area (Å²) in [5.74, 6) is 0. The Hall–Kier alpha value is -0.169. The van der Waals surface area contributed by atoms with E-state index in [0.29, 0.717) is 0 Å². The van der Waals surface area contributed by atoms with Crippen molar-refractivity contribution in [3.63, 3.8) is 0 Å². The minimum Gasteiger partial charge on any atom is -0.744 e. The van der Waals surface area contributed by atoms with Crippen molar-refractivity contribution in [2.45, 2.75) is 23.6 Å². The van der Waals surface area contributed by atoms with Crippen LogP contribution in [0.1, 0.15) is 11.1 Å². The number of aryl methyl sites for hydroxylation is 2. The third-order valence-corrected chi connectivity index (χ3v) is 4.32. The molecule has 0 fully saturated rings. The summed E-state index contributed by atoms with van der Waals surface area (Å²) in [5, 5.41) is 0. The van der Waals surface area contributed by atoms with Crippen LogP contribution in [0, 0.1) is 13.8 Å². The maximum atomic E-state index is 10.4. The first-order valence-corrected chi connectivity index (χ1v) is 8.87. The van der Waals surface area contributed by atoms with Crippen molar-refractivity contribution in [3.05, 3.63) is 59.7 Å². The van der Waals surface area contributed by atoms with Gasteiger partial charge in [-0.05, 0) is 38.1 Å². The first-order valence-electron chi connectivity index (χ1n) is 6.05. The van der Waals surface area contributed by atoms with E-state index < -0.39 is 20.2 Å². The van der Waals surface area contributed by atoms with Crippen LogP contribution in [0.25, 0.3) is 0 Å². The van der Waals surface area contributed by atoms with Crippen molar-refractivity contribution < 1.29 is 25.9 Å². The van der Waals surface area contributed by atoms with E-state index in [4.69, 9.17) is 0 Å². The second-order valence-corrected chi connectivity index (χ2v) is 7.29. The number of hydrogen-bond acceptors (Lipinski definition) is 6. The fourth-order valence-corrected chi connectivity index (χ4v) is 2.35. The van der Waals surface area contributed by atoms with E-state index in [0.717, 1.165) is 11.1 Å². The monoisotopic (exact) mass is 480 g/mol. The van der Waals surface area contributed by atoms with E-state index in [1.165, 1.54) is 24.3 Å². The van der Waals surface area contributed by atoms with Crippen LogP contribution in [0.2, 0.25) is 0 Å². The third kappa shape index (κ3) is 8.47. The van der Waals surface area contributed by atoms with Crippen molar-refractivity contribution in [1.82, 2.24) is 0 Å². The predicted octanol–water partition coefficient (Wildman–Crippen LogP) is 1.42. The van der Waals surface area contributed by atoms with Crippen molar-refractivity contribution in [1.29, 1.82) is 0 Å². The van der Waals surface area contributed by atoms with Gasteiger partial charge in [0.1, 0.15) is 20.2 Å². The van der Waals surface area contributed by atoms with Gasteiger partial charge < -0.3 is 9.11 Å². The van der Waals surface area contributed by atoms with Gasteiger partial charge in [0, 0.05) is 0 Å². The number of benzene rings is 2. The first-order chi connectivity index (χ1) is 10.00. The molecule has 23 heavy (non-hydrogen) atoms. The molecular formula is C14H14BaO6S2. The largest absolute Gasteiger partial charge is 2.00 e. The van der Waals surface area contributed by atoms with Gasteiger partial charge in [0.25, 0.3) is 0 Å². The Morgan fingerprint density at radius 1 is 0.609 bits per heavy atom. The van der Waals surface area contributed by atoms with Gasteiger partial charge in [0.2, 0.25) is 0 Å². The normalized spacial score (nSPS) is 11.0. The van der Waals surface area contributed by atoms with Gasteiger partial charge in [-0.3, -0.25) is 0 Å². The van der Waals surface area contributed by atoms with Crippen LogP contribution in [-0.4, -0.2) is 74.8 Å². The van der Waals surface area contributed by atoms with Gasteiger partial charge in [-0.25, -0.2) is 16.8 Å². The van der Waals surface area contributed by atoms with Crippen LogP contribution >= 0.6 is 0 Å². The summed E-state index contributed by atoms with van der Waals surface area (Å²) in [4.78, 5) is -0.355. The molecule has 0 N–H and O–H groups in total. The van der Waals surface area contributed by atoms with Gasteiger partial charge in [0.05, 0.1) is 9.79 Å². The molecule has 0 saturated heterocycles. The predicted molar refractivity (Wildman–Crippen MR) is 84.0 cm³/mol. The zero-order chi connectivity index (χ0) is 17.0. The SMILES string of the molecule is Cc1ccc(S(=O)(=O)[O-])cc1.Cc1ccc(S(=O)(=O)[O-])cc1.[Ba+2]. The molecule has 0 amide bonds. The Bertz CT molecular complexity index is 752. The average molecular weight is 480 g/mol. The van der Waals surface area contributed by atoms with Gasteiger partial charge in [-0.2, -0.15) is 0 Å². The molecule has 2 aromatic rings. The summed E-state index contributed by atoms with van der Waals surface area (Å²) in [6, 6.07) is 11.6. The average Bonchev–Trinajstić information content (AvgIpc) is 2.38. The topological polar surface area (TPSA) is 114 Å². The van der Waals surface area contributed by atoms with Crippen molar-refractivity contribution in [3.8, 4) is 0 Å². The molecular weight excluding hydrogens is 466 g/mol. The van der Waals surface area contributed by atoms with Crippen LogP contribution in [-0.2, 0) is 20.2 Å². The maximum Gasteiger partial charge on any atom is 2.00 e. The first kappa shape index (κ1) is 22.8. The van der Waals surface area contributed by atoms with Crippen molar-refractivity contribution >= 4 is 69.1 Å². The minimum absolute atomic E-state index is 0. The molecule has 0 spiro atoms. The van der Waals surface area contributed by atoms with E-state index in [1.807, 2.05) is 13.8 Å². The summed E-state index contributed by atoms with van der Waals surface area (Å²) in [6.45, 7) is 3.64. The van der Waals surface area contributed by atoms with Crippen LogP contribution in [0.5, 0.6) is 0 Å². The fourth-order valence-electron chi connectivity index (χ4n) is 1.41. The zero-order valence-corrected chi connectivity index (χ0v) is 18.7. The Labute approximate surface area is 176 Å². The number of hydrogen-bond donors (Lipinski definition) is 0. The number of rotatable bonds is 2. The molecule has 2 rings (SSSR count). The maximum absolute atomic E-state index is 10.4. The van der Waals surface area contributed by atoms with Crippen molar-refractivity contribution in [2.75, 3.05) is 0 Å². The van der Waals surface area contributed by atoms with Crippen LogP contribution < -0.4 is 0 Å². The summed E-state index contributed by atoms with van der Waals surface area (Å²) in [6.07, 6.45) is 0. The molecule has 120 valence electrons. The van der Waals surface area contributed by atoms with E-state index in [9.17, 15) is 25.9 Å². The summed E-state index contributed by atoms with van der Waals surface area (Å²) < 4.78 is 62.3. The Balaban J connectivity index is 0.000000403. The molecule has 0 aromatic heterocycles. The van der Waals surface area contributed by atoms with E-state index in [-0.39, 0.29) is 58.7 Å². The quantitative estimate of drug-likeness (QED) is 0.475. The second-order valence-electron chi connectivity index (χ2n) is 4.53. The molecule has 0 atom stereocenters. The van der Waals surface area contributed by atoms with Gasteiger partial charge in [-0.15, -0.1) is 0 Å². The van der Waals surface area contributed by atoms with Gasteiger partial charge >= 0.3 is 48.9 Å². The molecule has 0 aliphatic carbocycles. The summed E-state index contributed by atoms with van der Waals surface area (Å²) in [7, 11) is -8.54. The van der Waals surface area contributed by atoms with Crippen LogP contribution in [0.15, 0.2) is 58.3 Å². The molecule has 6 nitrogen and oxygen atoms in total. The molecule has 0 aliphatic heterocycles. The summed E-state index contributed by atoms with van der Waals surface area (Å²) >= 11 is 0. The van der Waals surface area contributed by atoms with E-state index in [1.54, 1.807) is 24.3 Å². The molecule has 0 radical (unpaired) electrons. The molecule has 0 heterocycles.